The van der Waals surface area contributed by atoms with E-state index in [4.69, 9.17) is 5.11 Å². The second kappa shape index (κ2) is 4.22. The Morgan fingerprint density at radius 3 is 2.79 bits per heavy atom. The van der Waals surface area contributed by atoms with Gasteiger partial charge in [0.05, 0.1) is 7.11 Å². The van der Waals surface area contributed by atoms with Gasteiger partial charge in [0, 0.05) is 0 Å². The van der Waals surface area contributed by atoms with Crippen LogP contribution in [0.15, 0.2) is 18.2 Å². The minimum absolute atomic E-state index is 0.136. The Bertz CT molecular complexity index is 364. The Balaban J connectivity index is 2.83. The highest BCUT2D eigenvalue weighted by Gasteiger charge is 2.06. The van der Waals surface area contributed by atoms with Gasteiger partial charge in [0.25, 0.3) is 0 Å². The van der Waals surface area contributed by atoms with Crippen molar-refractivity contribution in [3.05, 3.63) is 23.9 Å². The molecule has 1 rings (SSSR count). The van der Waals surface area contributed by atoms with E-state index in [0.29, 0.717) is 0 Å². The van der Waals surface area contributed by atoms with E-state index in [-0.39, 0.29) is 11.5 Å². The first kappa shape index (κ1) is 9.97. The summed E-state index contributed by atoms with van der Waals surface area (Å²) in [5, 5.41) is 10.8. The van der Waals surface area contributed by atoms with Crippen LogP contribution in [0, 0.1) is 0 Å². The van der Waals surface area contributed by atoms with Gasteiger partial charge < -0.3 is 9.84 Å². The molecule has 14 heavy (non-hydrogen) atoms. The predicted octanol–water partition coefficient (Wildman–Crippen LogP) is 0.958. The lowest BCUT2D eigenvalue weighted by Crippen LogP contribution is -2.13. The Hall–Kier alpha value is -2.11. The zero-order valence-electron chi connectivity index (χ0n) is 7.35. The molecular weight excluding hydrogens is 188 g/mol. The minimum atomic E-state index is -1.15. The van der Waals surface area contributed by atoms with E-state index >= 15 is 0 Å². The minimum Gasteiger partial charge on any atom is -0.477 e. The van der Waals surface area contributed by atoms with Crippen molar-refractivity contribution in [2.24, 2.45) is 0 Å². The number of nitrogens with one attached hydrogen (secondary N) is 1. The van der Waals surface area contributed by atoms with Crippen molar-refractivity contribution in [1.82, 2.24) is 4.98 Å². The molecule has 0 saturated carbocycles. The molecule has 0 fully saturated rings. The lowest BCUT2D eigenvalue weighted by molar-refractivity contribution is 0.0690. The van der Waals surface area contributed by atoms with E-state index < -0.39 is 12.1 Å². The van der Waals surface area contributed by atoms with Crippen LogP contribution in [0.1, 0.15) is 10.5 Å². The van der Waals surface area contributed by atoms with Gasteiger partial charge in [-0.05, 0) is 12.1 Å². The topological polar surface area (TPSA) is 88.5 Å². The fourth-order valence-electron chi connectivity index (χ4n) is 0.779. The van der Waals surface area contributed by atoms with Crippen LogP contribution in [0.2, 0.25) is 0 Å². The molecule has 0 aromatic carbocycles. The molecule has 1 amide bonds. The van der Waals surface area contributed by atoms with Crippen LogP contribution >= 0.6 is 0 Å². The van der Waals surface area contributed by atoms with Crippen LogP contribution in [-0.4, -0.2) is 29.3 Å². The summed E-state index contributed by atoms with van der Waals surface area (Å²) in [4.78, 5) is 24.9. The highest BCUT2D eigenvalue weighted by atomic mass is 16.5. The van der Waals surface area contributed by atoms with Gasteiger partial charge in [-0.25, -0.2) is 14.6 Å². The van der Waals surface area contributed by atoms with Crippen molar-refractivity contribution >= 4 is 17.9 Å². The Morgan fingerprint density at radius 2 is 2.21 bits per heavy atom. The highest BCUT2D eigenvalue weighted by molar-refractivity contribution is 5.87. The number of carboxylic acid groups (broad SMARTS) is 1. The standard InChI is InChI=1S/C8H8N2O4/c1-14-8(13)10-6-4-2-3-5(9-6)7(11)12/h2-4H,1H3,(H,11,12)(H,9,10,13). The molecule has 0 atom stereocenters. The SMILES string of the molecule is COC(=O)Nc1cccc(C(=O)O)n1. The maximum Gasteiger partial charge on any atom is 0.412 e. The number of methoxy groups -OCH3 is 1. The average Bonchev–Trinajstić information content (AvgIpc) is 2.18. The van der Waals surface area contributed by atoms with Crippen molar-refractivity contribution in [2.75, 3.05) is 12.4 Å². The van der Waals surface area contributed by atoms with Crippen molar-refractivity contribution in [3.63, 3.8) is 0 Å². The monoisotopic (exact) mass is 196 g/mol. The molecule has 0 aliphatic heterocycles. The Kier molecular flexibility index (Phi) is 3.01. The predicted molar refractivity (Wildman–Crippen MR) is 47.2 cm³/mol. The van der Waals surface area contributed by atoms with Crippen LogP contribution < -0.4 is 5.32 Å². The number of aromatic carboxylic acids is 1. The molecule has 0 unspecified atom stereocenters. The maximum absolute atomic E-state index is 10.7. The summed E-state index contributed by atoms with van der Waals surface area (Å²) in [5.74, 6) is -1.02. The van der Waals surface area contributed by atoms with Gasteiger partial charge in [-0.15, -0.1) is 0 Å². The van der Waals surface area contributed by atoms with Crippen molar-refractivity contribution in [3.8, 4) is 0 Å². The molecule has 0 bridgehead atoms. The van der Waals surface area contributed by atoms with Crippen molar-refractivity contribution in [1.29, 1.82) is 0 Å². The summed E-state index contributed by atoms with van der Waals surface area (Å²) >= 11 is 0. The molecule has 0 radical (unpaired) electrons. The zero-order chi connectivity index (χ0) is 10.6. The second-order valence-electron chi connectivity index (χ2n) is 2.33. The number of ether oxygens (including phenoxy) is 1. The number of hydrogen-bond donors (Lipinski definition) is 2. The fourth-order valence-corrected chi connectivity index (χ4v) is 0.779. The first-order chi connectivity index (χ1) is 6.63. The number of anilines is 1. The van der Waals surface area contributed by atoms with Crippen molar-refractivity contribution in [2.45, 2.75) is 0 Å². The molecule has 1 heterocycles. The lowest BCUT2D eigenvalue weighted by Gasteiger charge is -2.02. The van der Waals surface area contributed by atoms with Gasteiger partial charge in [-0.3, -0.25) is 5.32 Å². The second-order valence-corrected chi connectivity index (χ2v) is 2.33. The molecule has 1 aromatic heterocycles. The molecule has 6 heteroatoms. The molecule has 6 nitrogen and oxygen atoms in total. The third kappa shape index (κ3) is 2.44. The number of amides is 1. The highest BCUT2D eigenvalue weighted by Crippen LogP contribution is 2.04. The summed E-state index contributed by atoms with van der Waals surface area (Å²) in [6.45, 7) is 0. The summed E-state index contributed by atoms with van der Waals surface area (Å²) in [6.07, 6.45) is -0.694. The number of aromatic nitrogens is 1. The number of carbonyl (C=O) groups is 2. The zero-order valence-corrected chi connectivity index (χ0v) is 7.35. The molecule has 74 valence electrons. The van der Waals surface area contributed by atoms with Crippen molar-refractivity contribution < 1.29 is 19.4 Å². The van der Waals surface area contributed by atoms with Gasteiger partial charge >= 0.3 is 12.1 Å². The molecule has 2 N–H and O–H groups in total. The van der Waals surface area contributed by atoms with Gasteiger partial charge in [-0.2, -0.15) is 0 Å². The van der Waals surface area contributed by atoms with Crippen LogP contribution in [0.5, 0.6) is 0 Å². The van der Waals surface area contributed by atoms with E-state index in [0.717, 1.165) is 0 Å². The van der Waals surface area contributed by atoms with E-state index in [9.17, 15) is 9.59 Å². The molecule has 0 aliphatic rings. The number of pyridine rings is 1. The smallest absolute Gasteiger partial charge is 0.412 e. The maximum atomic E-state index is 10.7. The molecule has 0 spiro atoms. The lowest BCUT2D eigenvalue weighted by atomic mass is 10.3. The number of rotatable bonds is 2. The largest absolute Gasteiger partial charge is 0.477 e. The average molecular weight is 196 g/mol. The first-order valence-electron chi connectivity index (χ1n) is 3.69. The van der Waals surface area contributed by atoms with Crippen LogP contribution in [-0.2, 0) is 4.74 Å². The number of nitrogens with zero attached hydrogens (tertiary/aromatic N) is 1. The van der Waals surface area contributed by atoms with Crippen LogP contribution in [0.3, 0.4) is 0 Å². The first-order valence-corrected chi connectivity index (χ1v) is 3.69. The summed E-state index contributed by atoms with van der Waals surface area (Å²) in [5.41, 5.74) is -0.140. The summed E-state index contributed by atoms with van der Waals surface area (Å²) < 4.78 is 4.32. The van der Waals surface area contributed by atoms with Crippen LogP contribution in [0.25, 0.3) is 0 Å². The third-order valence-electron chi connectivity index (χ3n) is 1.38. The third-order valence-corrected chi connectivity index (χ3v) is 1.38. The number of hydrogen-bond acceptors (Lipinski definition) is 4. The Morgan fingerprint density at radius 1 is 1.50 bits per heavy atom. The fraction of sp³-hybridized carbons (Fsp3) is 0.125. The van der Waals surface area contributed by atoms with E-state index in [2.05, 4.69) is 15.0 Å². The van der Waals surface area contributed by atoms with E-state index in [1.165, 1.54) is 25.3 Å². The van der Waals surface area contributed by atoms with E-state index in [1.54, 1.807) is 0 Å². The van der Waals surface area contributed by atoms with E-state index in [1.807, 2.05) is 0 Å². The quantitative estimate of drug-likeness (QED) is 0.735. The normalized spacial score (nSPS) is 9.21. The summed E-state index contributed by atoms with van der Waals surface area (Å²) in [6, 6.07) is 4.26. The Labute approximate surface area is 79.5 Å². The van der Waals surface area contributed by atoms with Crippen LogP contribution in [0.4, 0.5) is 10.6 Å². The van der Waals surface area contributed by atoms with Gasteiger partial charge in [-0.1, -0.05) is 6.07 Å². The molecular formula is C8H8N2O4. The van der Waals surface area contributed by atoms with Gasteiger partial charge in [0.1, 0.15) is 5.82 Å². The van der Waals surface area contributed by atoms with Gasteiger partial charge in [0.2, 0.25) is 0 Å². The molecule has 1 aromatic rings. The molecule has 0 aliphatic carbocycles. The number of carboxylic acids is 1. The number of carbonyl (C=O) groups excluding carboxylic acids is 1. The molecule has 0 saturated heterocycles. The summed E-state index contributed by atoms with van der Waals surface area (Å²) in [7, 11) is 1.20. The van der Waals surface area contributed by atoms with Gasteiger partial charge in [0.15, 0.2) is 5.69 Å².